The van der Waals surface area contributed by atoms with Crippen LogP contribution >= 0.6 is 23.8 Å². The van der Waals surface area contributed by atoms with E-state index < -0.39 is 0 Å². The lowest BCUT2D eigenvalue weighted by Crippen LogP contribution is -2.03. The van der Waals surface area contributed by atoms with E-state index in [2.05, 4.69) is 16.0 Å². The highest BCUT2D eigenvalue weighted by atomic mass is 35.5. The summed E-state index contributed by atoms with van der Waals surface area (Å²) in [4.78, 5) is 6.79. The fourth-order valence-electron chi connectivity index (χ4n) is 1.95. The summed E-state index contributed by atoms with van der Waals surface area (Å²) in [6.45, 7) is 0. The molecule has 0 amide bonds. The summed E-state index contributed by atoms with van der Waals surface area (Å²) < 4.78 is 0.419. The van der Waals surface area contributed by atoms with Crippen LogP contribution in [0.15, 0.2) is 29.3 Å². The molecule has 0 aliphatic heterocycles. The molecule has 6 heteroatoms. The van der Waals surface area contributed by atoms with Gasteiger partial charge in [0.1, 0.15) is 22.1 Å². The minimum absolute atomic E-state index is 0.223. The van der Waals surface area contributed by atoms with Crippen LogP contribution in [0.5, 0.6) is 0 Å². The number of hydrogen-bond donors (Lipinski definition) is 2. The van der Waals surface area contributed by atoms with Gasteiger partial charge in [-0.15, -0.1) is 0 Å². The first-order valence-electron chi connectivity index (χ1n) is 5.73. The van der Waals surface area contributed by atoms with E-state index in [0.29, 0.717) is 31.9 Å². The van der Waals surface area contributed by atoms with E-state index in [9.17, 15) is 5.26 Å². The van der Waals surface area contributed by atoms with Gasteiger partial charge in [-0.05, 0) is 6.07 Å². The van der Waals surface area contributed by atoms with Crippen molar-refractivity contribution in [2.45, 2.75) is 0 Å². The predicted octanol–water partition coefficient (Wildman–Crippen LogP) is 3.57. The van der Waals surface area contributed by atoms with Crippen molar-refractivity contribution in [1.82, 2.24) is 4.98 Å². The molecular formula is C14H11ClN4S. The van der Waals surface area contributed by atoms with Gasteiger partial charge < -0.3 is 10.7 Å². The van der Waals surface area contributed by atoms with Gasteiger partial charge in [-0.25, -0.2) is 0 Å². The maximum Gasteiger partial charge on any atom is 0.120 e. The Kier molecular flexibility index (Phi) is 4.18. The number of H-pyrrole nitrogens is 1. The Hall–Kier alpha value is -2.16. The molecule has 0 saturated carbocycles. The topological polar surface area (TPSA) is 78.0 Å². The summed E-state index contributed by atoms with van der Waals surface area (Å²) in [6.07, 6.45) is 1.60. The number of aromatic amines is 1. The van der Waals surface area contributed by atoms with E-state index in [0.717, 1.165) is 0 Å². The summed E-state index contributed by atoms with van der Waals surface area (Å²) in [5.41, 5.74) is 8.09. The highest BCUT2D eigenvalue weighted by Crippen LogP contribution is 2.34. The van der Waals surface area contributed by atoms with Crippen LogP contribution in [-0.2, 0) is 0 Å². The molecule has 100 valence electrons. The lowest BCUT2D eigenvalue weighted by Gasteiger charge is -2.12. The van der Waals surface area contributed by atoms with Crippen molar-refractivity contribution < 1.29 is 0 Å². The average molecular weight is 303 g/mol. The summed E-state index contributed by atoms with van der Waals surface area (Å²) in [5.74, 6) is 0.223. The number of pyridine rings is 1. The SMILES string of the molecule is CN=Cc1c(-c2ccccc2Cl)c(C#N)c(N)[nH]c1=S. The lowest BCUT2D eigenvalue weighted by molar-refractivity contribution is 1.27. The van der Waals surface area contributed by atoms with E-state index >= 15 is 0 Å². The monoisotopic (exact) mass is 302 g/mol. The smallest absolute Gasteiger partial charge is 0.120 e. The van der Waals surface area contributed by atoms with Crippen molar-refractivity contribution in [2.24, 2.45) is 4.99 Å². The molecule has 0 unspecified atom stereocenters. The number of nitrogens with one attached hydrogen (secondary N) is 1. The lowest BCUT2D eigenvalue weighted by atomic mass is 9.97. The molecule has 0 atom stereocenters. The summed E-state index contributed by atoms with van der Waals surface area (Å²) in [7, 11) is 1.63. The minimum atomic E-state index is 0.223. The molecule has 0 aliphatic rings. The number of aliphatic imine (C=N–C) groups is 1. The highest BCUT2D eigenvalue weighted by molar-refractivity contribution is 7.71. The van der Waals surface area contributed by atoms with Crippen molar-refractivity contribution in [2.75, 3.05) is 12.8 Å². The molecule has 2 aromatic rings. The van der Waals surface area contributed by atoms with Gasteiger partial charge in [0.25, 0.3) is 0 Å². The van der Waals surface area contributed by atoms with Gasteiger partial charge in [-0.1, -0.05) is 42.0 Å². The third-order valence-corrected chi connectivity index (χ3v) is 3.45. The Morgan fingerprint density at radius 3 is 2.75 bits per heavy atom. The quantitative estimate of drug-likeness (QED) is 0.657. The Morgan fingerprint density at radius 1 is 1.45 bits per heavy atom. The summed E-state index contributed by atoms with van der Waals surface area (Å²) in [5, 5.41) is 9.89. The molecule has 3 N–H and O–H groups in total. The van der Waals surface area contributed by atoms with E-state index in [1.165, 1.54) is 0 Å². The molecule has 1 aromatic carbocycles. The Balaban J connectivity index is 2.97. The molecule has 0 fully saturated rings. The third kappa shape index (κ3) is 2.44. The van der Waals surface area contributed by atoms with Gasteiger partial charge in [-0.3, -0.25) is 4.99 Å². The number of anilines is 1. The third-order valence-electron chi connectivity index (χ3n) is 2.79. The van der Waals surface area contributed by atoms with E-state index in [1.807, 2.05) is 18.2 Å². The van der Waals surface area contributed by atoms with Crippen molar-refractivity contribution in [3.05, 3.63) is 45.1 Å². The van der Waals surface area contributed by atoms with Crippen LogP contribution in [0.1, 0.15) is 11.1 Å². The van der Waals surface area contributed by atoms with Gasteiger partial charge in [0.05, 0.1) is 0 Å². The second-order valence-corrected chi connectivity index (χ2v) is 4.83. The average Bonchev–Trinajstić information content (AvgIpc) is 2.42. The molecule has 1 heterocycles. The first-order chi connectivity index (χ1) is 9.60. The first-order valence-corrected chi connectivity index (χ1v) is 6.51. The van der Waals surface area contributed by atoms with Gasteiger partial charge >= 0.3 is 0 Å². The number of rotatable bonds is 2. The minimum Gasteiger partial charge on any atom is -0.384 e. The summed E-state index contributed by atoms with van der Waals surface area (Å²) in [6, 6.07) is 9.32. The van der Waals surface area contributed by atoms with Crippen LogP contribution in [0.2, 0.25) is 5.02 Å². The van der Waals surface area contributed by atoms with Crippen LogP contribution in [0.25, 0.3) is 11.1 Å². The fourth-order valence-corrected chi connectivity index (χ4v) is 2.44. The highest BCUT2D eigenvalue weighted by Gasteiger charge is 2.17. The fraction of sp³-hybridized carbons (Fsp3) is 0.0714. The number of benzene rings is 1. The van der Waals surface area contributed by atoms with Crippen molar-refractivity contribution in [1.29, 1.82) is 5.26 Å². The number of nitrogen functional groups attached to an aromatic ring is 1. The normalized spacial score (nSPS) is 10.7. The molecule has 2 rings (SSSR count). The molecular weight excluding hydrogens is 292 g/mol. The standard InChI is InChI=1S/C14H11ClN4S/c1-18-7-10-12(8-4-2-3-5-11(8)15)9(6-16)13(17)19-14(10)20/h2-5,7H,1H3,(H3,17,19,20). The van der Waals surface area contributed by atoms with Gasteiger partial charge in [0.15, 0.2) is 0 Å². The molecule has 0 spiro atoms. The van der Waals surface area contributed by atoms with Gasteiger partial charge in [0, 0.05) is 35.0 Å². The van der Waals surface area contributed by atoms with Gasteiger partial charge in [-0.2, -0.15) is 5.26 Å². The summed E-state index contributed by atoms with van der Waals surface area (Å²) >= 11 is 11.5. The Bertz CT molecular complexity index is 787. The molecule has 0 aliphatic carbocycles. The zero-order valence-corrected chi connectivity index (χ0v) is 12.2. The van der Waals surface area contributed by atoms with Crippen molar-refractivity contribution in [3.63, 3.8) is 0 Å². The molecule has 20 heavy (non-hydrogen) atoms. The second-order valence-electron chi connectivity index (χ2n) is 4.01. The van der Waals surface area contributed by atoms with Gasteiger partial charge in [0.2, 0.25) is 0 Å². The van der Waals surface area contributed by atoms with E-state index in [1.54, 1.807) is 19.3 Å². The molecule has 1 aromatic heterocycles. The van der Waals surface area contributed by atoms with Crippen LogP contribution in [0, 0.1) is 16.0 Å². The first kappa shape index (κ1) is 14.3. The predicted molar refractivity (Wildman–Crippen MR) is 84.7 cm³/mol. The number of halogens is 1. The second kappa shape index (κ2) is 5.87. The zero-order chi connectivity index (χ0) is 14.7. The zero-order valence-electron chi connectivity index (χ0n) is 10.6. The molecule has 0 bridgehead atoms. The molecule has 4 nitrogen and oxygen atoms in total. The van der Waals surface area contributed by atoms with Crippen LogP contribution in [0.4, 0.5) is 5.82 Å². The number of aromatic nitrogens is 1. The number of nitriles is 1. The van der Waals surface area contributed by atoms with Crippen LogP contribution in [0.3, 0.4) is 0 Å². The largest absolute Gasteiger partial charge is 0.384 e. The maximum atomic E-state index is 9.36. The number of nitrogens with two attached hydrogens (primary N) is 1. The van der Waals surface area contributed by atoms with E-state index in [4.69, 9.17) is 29.6 Å². The van der Waals surface area contributed by atoms with Crippen molar-refractivity contribution in [3.8, 4) is 17.2 Å². The molecule has 0 saturated heterocycles. The van der Waals surface area contributed by atoms with Crippen LogP contribution < -0.4 is 5.73 Å². The Labute approximate surface area is 126 Å². The maximum absolute atomic E-state index is 9.36. The molecule has 0 radical (unpaired) electrons. The number of nitrogens with zero attached hydrogens (tertiary/aromatic N) is 2. The van der Waals surface area contributed by atoms with E-state index in [-0.39, 0.29) is 5.82 Å². The number of hydrogen-bond acceptors (Lipinski definition) is 4. The Morgan fingerprint density at radius 2 is 2.15 bits per heavy atom. The van der Waals surface area contributed by atoms with Crippen molar-refractivity contribution >= 4 is 35.9 Å². The van der Waals surface area contributed by atoms with Crippen LogP contribution in [-0.4, -0.2) is 18.2 Å².